The average Bonchev–Trinajstić information content (AvgIpc) is 2.66. The molecule has 0 aliphatic heterocycles. The fourth-order valence-corrected chi connectivity index (χ4v) is 3.32. The predicted molar refractivity (Wildman–Crippen MR) is 71.1 cm³/mol. The summed E-state index contributed by atoms with van der Waals surface area (Å²) in [5.74, 6) is 0. The van der Waals surface area contributed by atoms with Gasteiger partial charge in [0.05, 0.1) is 11.7 Å². The van der Waals surface area contributed by atoms with Crippen LogP contribution < -0.4 is 0 Å². The maximum atomic E-state index is 4.79. The van der Waals surface area contributed by atoms with Crippen molar-refractivity contribution in [2.45, 2.75) is 63.7 Å². The zero-order valence-electron chi connectivity index (χ0n) is 10.3. The molecule has 1 fully saturated rings. The molecule has 1 aromatic rings. The molecule has 2 nitrogen and oxygen atoms in total. The van der Waals surface area contributed by atoms with Crippen LogP contribution in [-0.2, 0) is 11.8 Å². The second kappa shape index (κ2) is 5.35. The molecule has 0 N–H and O–H groups in total. The number of aromatic nitrogens is 2. The Morgan fingerprint density at radius 2 is 2.00 bits per heavy atom. The van der Waals surface area contributed by atoms with Gasteiger partial charge in [-0.1, -0.05) is 42.1 Å². The predicted octanol–water partition coefficient (Wildman–Crippen LogP) is 4.15. The van der Waals surface area contributed by atoms with E-state index in [0.717, 1.165) is 11.8 Å². The van der Waals surface area contributed by atoms with Gasteiger partial charge in [-0.15, -0.1) is 0 Å². The van der Waals surface area contributed by atoms with Gasteiger partial charge in [0.2, 0.25) is 0 Å². The molecule has 0 bridgehead atoms. The summed E-state index contributed by atoms with van der Waals surface area (Å²) in [5.41, 5.74) is 4.06. The largest absolute Gasteiger partial charge is 0.266 e. The fourth-order valence-electron chi connectivity index (χ4n) is 2.79. The highest BCUT2D eigenvalue weighted by Gasteiger charge is 2.21. The van der Waals surface area contributed by atoms with E-state index in [1.165, 1.54) is 49.1 Å². The first-order chi connectivity index (χ1) is 7.77. The van der Waals surface area contributed by atoms with E-state index in [1.54, 1.807) is 0 Å². The van der Waals surface area contributed by atoms with E-state index in [2.05, 4.69) is 34.5 Å². The normalized spacial score (nSPS) is 17.9. The minimum atomic E-state index is 0.662. The van der Waals surface area contributed by atoms with Crippen molar-refractivity contribution in [2.75, 3.05) is 0 Å². The molecular weight excluding hydrogens is 264 g/mol. The van der Waals surface area contributed by atoms with Crippen LogP contribution in [0.4, 0.5) is 0 Å². The molecule has 1 aliphatic carbocycles. The van der Waals surface area contributed by atoms with Crippen molar-refractivity contribution in [2.24, 2.45) is 0 Å². The first kappa shape index (κ1) is 12.2. The Balaban J connectivity index is 2.31. The topological polar surface area (TPSA) is 17.8 Å². The van der Waals surface area contributed by atoms with Crippen LogP contribution in [0.5, 0.6) is 0 Å². The molecule has 16 heavy (non-hydrogen) atoms. The van der Waals surface area contributed by atoms with Crippen LogP contribution in [-0.4, -0.2) is 9.78 Å². The van der Waals surface area contributed by atoms with E-state index in [0.29, 0.717) is 6.04 Å². The van der Waals surface area contributed by atoms with Crippen molar-refractivity contribution < 1.29 is 0 Å². The van der Waals surface area contributed by atoms with Crippen LogP contribution in [0.25, 0.3) is 0 Å². The lowest BCUT2D eigenvalue weighted by atomic mass is 9.95. The van der Waals surface area contributed by atoms with Gasteiger partial charge in [0.15, 0.2) is 0 Å². The summed E-state index contributed by atoms with van der Waals surface area (Å²) >= 11 is 3.53. The van der Waals surface area contributed by atoms with E-state index < -0.39 is 0 Å². The number of halogens is 1. The summed E-state index contributed by atoms with van der Waals surface area (Å²) in [5, 5.41) is 5.67. The second-order valence-corrected chi connectivity index (χ2v) is 5.30. The molecular formula is C13H21BrN2. The minimum absolute atomic E-state index is 0.662. The third-order valence-corrected chi connectivity index (χ3v) is 4.28. The van der Waals surface area contributed by atoms with Crippen molar-refractivity contribution in [3.8, 4) is 0 Å². The van der Waals surface area contributed by atoms with E-state index in [9.17, 15) is 0 Å². The number of alkyl halides is 1. The first-order valence-corrected chi connectivity index (χ1v) is 7.52. The van der Waals surface area contributed by atoms with Crippen LogP contribution >= 0.6 is 15.9 Å². The maximum absolute atomic E-state index is 4.79. The second-order valence-electron chi connectivity index (χ2n) is 4.74. The van der Waals surface area contributed by atoms with E-state index >= 15 is 0 Å². The molecule has 0 aromatic carbocycles. The van der Waals surface area contributed by atoms with Crippen molar-refractivity contribution in [3.63, 3.8) is 0 Å². The first-order valence-electron chi connectivity index (χ1n) is 6.40. The summed E-state index contributed by atoms with van der Waals surface area (Å²) in [6.45, 7) is 4.45. The van der Waals surface area contributed by atoms with Gasteiger partial charge in [0.1, 0.15) is 0 Å². The fraction of sp³-hybridized carbons (Fsp3) is 0.769. The monoisotopic (exact) mass is 284 g/mol. The molecule has 90 valence electrons. The minimum Gasteiger partial charge on any atom is -0.266 e. The molecule has 1 heterocycles. The summed E-state index contributed by atoms with van der Waals surface area (Å²) in [4.78, 5) is 0. The molecule has 0 unspecified atom stereocenters. The molecule has 0 spiro atoms. The lowest BCUT2D eigenvalue weighted by Crippen LogP contribution is -2.16. The molecule has 0 atom stereocenters. The van der Waals surface area contributed by atoms with Crippen molar-refractivity contribution in [1.29, 1.82) is 0 Å². The lowest BCUT2D eigenvalue weighted by molar-refractivity contribution is 0.321. The zero-order valence-corrected chi connectivity index (χ0v) is 11.9. The average molecular weight is 285 g/mol. The van der Waals surface area contributed by atoms with Gasteiger partial charge in [-0.25, -0.2) is 0 Å². The maximum Gasteiger partial charge on any atom is 0.0762 e. The lowest BCUT2D eigenvalue weighted by Gasteiger charge is -2.24. The van der Waals surface area contributed by atoms with Gasteiger partial charge in [0.25, 0.3) is 0 Å². The van der Waals surface area contributed by atoms with Crippen molar-refractivity contribution in [1.82, 2.24) is 9.78 Å². The Kier molecular flexibility index (Phi) is 4.06. The van der Waals surface area contributed by atoms with Gasteiger partial charge in [-0.05, 0) is 31.7 Å². The summed E-state index contributed by atoms with van der Waals surface area (Å²) in [6, 6.07) is 0.662. The van der Waals surface area contributed by atoms with Gasteiger partial charge in [-0.2, -0.15) is 5.10 Å². The van der Waals surface area contributed by atoms with Gasteiger partial charge < -0.3 is 0 Å². The van der Waals surface area contributed by atoms with Crippen molar-refractivity contribution in [3.05, 3.63) is 17.0 Å². The number of nitrogens with zero attached hydrogens (tertiary/aromatic N) is 2. The third-order valence-electron chi connectivity index (χ3n) is 3.75. The summed E-state index contributed by atoms with van der Waals surface area (Å²) < 4.78 is 2.32. The van der Waals surface area contributed by atoms with E-state index in [-0.39, 0.29) is 0 Å². The molecule has 3 heteroatoms. The highest BCUT2D eigenvalue weighted by molar-refractivity contribution is 9.08. The van der Waals surface area contributed by atoms with Crippen LogP contribution in [0, 0.1) is 6.92 Å². The Morgan fingerprint density at radius 1 is 1.31 bits per heavy atom. The third kappa shape index (κ3) is 2.20. The summed E-state index contributed by atoms with van der Waals surface area (Å²) in [7, 11) is 0. The van der Waals surface area contributed by atoms with E-state index in [1.807, 2.05) is 0 Å². The SMILES string of the molecule is CCc1c(C)c(CBr)nn1C1CCCCC1. The van der Waals surface area contributed by atoms with Crippen molar-refractivity contribution >= 4 is 15.9 Å². The van der Waals surface area contributed by atoms with Gasteiger partial charge in [-0.3, -0.25) is 4.68 Å². The molecule has 0 amide bonds. The Bertz CT molecular complexity index is 351. The van der Waals surface area contributed by atoms with E-state index in [4.69, 9.17) is 5.10 Å². The van der Waals surface area contributed by atoms with Gasteiger partial charge in [0, 0.05) is 11.0 Å². The Morgan fingerprint density at radius 3 is 2.56 bits per heavy atom. The molecule has 1 saturated carbocycles. The molecule has 1 aliphatic rings. The molecule has 2 rings (SSSR count). The highest BCUT2D eigenvalue weighted by atomic mass is 79.9. The molecule has 0 radical (unpaired) electrons. The number of hydrogen-bond acceptors (Lipinski definition) is 1. The molecule has 0 saturated heterocycles. The van der Waals surface area contributed by atoms with Crippen LogP contribution in [0.3, 0.4) is 0 Å². The standard InChI is InChI=1S/C13H21BrN2/c1-3-13-10(2)12(9-14)15-16(13)11-7-5-4-6-8-11/h11H,3-9H2,1-2H3. The highest BCUT2D eigenvalue weighted by Crippen LogP contribution is 2.30. The zero-order chi connectivity index (χ0) is 11.5. The van der Waals surface area contributed by atoms with Crippen LogP contribution in [0.15, 0.2) is 0 Å². The number of rotatable bonds is 3. The summed E-state index contributed by atoms with van der Waals surface area (Å²) in [6.07, 6.45) is 7.88. The quantitative estimate of drug-likeness (QED) is 0.763. The number of hydrogen-bond donors (Lipinski definition) is 0. The Hall–Kier alpha value is -0.310. The van der Waals surface area contributed by atoms with Gasteiger partial charge >= 0.3 is 0 Å². The molecule has 1 aromatic heterocycles. The van der Waals surface area contributed by atoms with Crippen LogP contribution in [0.1, 0.15) is 62.0 Å². The smallest absolute Gasteiger partial charge is 0.0762 e. The van der Waals surface area contributed by atoms with Crippen LogP contribution in [0.2, 0.25) is 0 Å². The Labute approximate surface area is 107 Å².